The summed E-state index contributed by atoms with van der Waals surface area (Å²) in [5.74, 6) is 0. The Hall–Kier alpha value is -1.53. The van der Waals surface area contributed by atoms with Crippen LogP contribution in [0.4, 0.5) is 4.79 Å². The maximum atomic E-state index is 12.4. The third-order valence-electron chi connectivity index (χ3n) is 2.65. The van der Waals surface area contributed by atoms with Crippen LogP contribution in [0.2, 0.25) is 0 Å². The van der Waals surface area contributed by atoms with Crippen molar-refractivity contribution in [2.75, 3.05) is 6.54 Å². The van der Waals surface area contributed by atoms with Crippen LogP contribution in [-0.2, 0) is 4.74 Å². The van der Waals surface area contributed by atoms with Crippen molar-refractivity contribution >= 4 is 17.9 Å². The van der Waals surface area contributed by atoms with Gasteiger partial charge in [0.05, 0.1) is 0 Å². The van der Waals surface area contributed by atoms with Gasteiger partial charge in [-0.05, 0) is 32.2 Å². The molecule has 2 rings (SSSR count). The molecule has 6 heteroatoms. The number of nitrogens with two attached hydrogens (primary N) is 1. The first kappa shape index (κ1) is 14.9. The molecule has 1 unspecified atom stereocenters. The molecule has 2 N–H and O–H groups in total. The molecule has 0 fully saturated rings. The molecule has 0 saturated heterocycles. The van der Waals surface area contributed by atoms with Gasteiger partial charge in [-0.3, -0.25) is 9.88 Å². The van der Waals surface area contributed by atoms with Gasteiger partial charge in [-0.2, -0.15) is 0 Å². The lowest BCUT2D eigenvalue weighted by atomic mass is 10.2. The highest BCUT2D eigenvalue weighted by Gasteiger charge is 2.35. The Balaban J connectivity index is 2.24. The summed E-state index contributed by atoms with van der Waals surface area (Å²) in [6.45, 7) is 5.83. The van der Waals surface area contributed by atoms with Gasteiger partial charge < -0.3 is 10.5 Å². The summed E-state index contributed by atoms with van der Waals surface area (Å²) in [5.41, 5.74) is 6.89. The number of carbonyl (C=O) groups is 1. The molecule has 0 spiro atoms. The van der Waals surface area contributed by atoms with E-state index in [1.165, 1.54) is 11.8 Å². The largest absolute Gasteiger partial charge is 0.443 e. The first-order chi connectivity index (χ1) is 9.42. The van der Waals surface area contributed by atoms with E-state index in [4.69, 9.17) is 10.5 Å². The number of ether oxygens (including phenoxy) is 1. The molecule has 108 valence electrons. The molecule has 2 heterocycles. The van der Waals surface area contributed by atoms with Crippen molar-refractivity contribution in [3.63, 3.8) is 0 Å². The lowest BCUT2D eigenvalue weighted by Gasteiger charge is -2.29. The second-order valence-electron chi connectivity index (χ2n) is 5.44. The van der Waals surface area contributed by atoms with E-state index in [1.807, 2.05) is 38.3 Å². The molecule has 1 aliphatic heterocycles. The number of aromatic nitrogens is 1. The van der Waals surface area contributed by atoms with Crippen molar-refractivity contribution < 1.29 is 9.53 Å². The molecule has 1 aromatic heterocycles. The van der Waals surface area contributed by atoms with Gasteiger partial charge in [0.15, 0.2) is 0 Å². The number of nitrogens with zero attached hydrogens (tertiary/aromatic N) is 2. The molecule has 20 heavy (non-hydrogen) atoms. The second kappa shape index (κ2) is 5.85. The van der Waals surface area contributed by atoms with Gasteiger partial charge in [-0.15, -0.1) is 11.8 Å². The summed E-state index contributed by atoms with van der Waals surface area (Å²) in [4.78, 5) is 18.1. The second-order valence-corrected chi connectivity index (χ2v) is 6.39. The maximum absolute atomic E-state index is 12.4. The number of hydrogen-bond donors (Lipinski definition) is 1. The average molecular weight is 293 g/mol. The number of hydrogen-bond acceptors (Lipinski definition) is 5. The summed E-state index contributed by atoms with van der Waals surface area (Å²) < 4.78 is 5.46. The van der Waals surface area contributed by atoms with Crippen LogP contribution in [0.15, 0.2) is 35.6 Å². The molecule has 0 aliphatic carbocycles. The fraction of sp³-hybridized carbons (Fsp3) is 0.429. The van der Waals surface area contributed by atoms with Crippen LogP contribution in [0.3, 0.4) is 0 Å². The topological polar surface area (TPSA) is 68.5 Å². The molecule has 1 aliphatic rings. The minimum atomic E-state index is -0.538. The molecular formula is C14H19N3O2S. The van der Waals surface area contributed by atoms with Crippen LogP contribution < -0.4 is 5.73 Å². The van der Waals surface area contributed by atoms with Crippen molar-refractivity contribution in [3.05, 3.63) is 41.2 Å². The van der Waals surface area contributed by atoms with E-state index < -0.39 is 5.60 Å². The normalized spacial score (nSPS) is 18.9. The highest BCUT2D eigenvalue weighted by molar-refractivity contribution is 8.02. The average Bonchev–Trinajstić information content (AvgIpc) is 2.81. The summed E-state index contributed by atoms with van der Waals surface area (Å²) in [7, 11) is 0. The molecule has 0 saturated carbocycles. The highest BCUT2D eigenvalue weighted by atomic mass is 32.2. The van der Waals surface area contributed by atoms with E-state index in [9.17, 15) is 4.79 Å². The molecule has 0 bridgehead atoms. The van der Waals surface area contributed by atoms with Gasteiger partial charge in [-0.1, -0.05) is 6.07 Å². The predicted molar refractivity (Wildman–Crippen MR) is 79.8 cm³/mol. The summed E-state index contributed by atoms with van der Waals surface area (Å²) >= 11 is 1.53. The monoisotopic (exact) mass is 293 g/mol. The molecule has 5 nitrogen and oxygen atoms in total. The summed E-state index contributed by atoms with van der Waals surface area (Å²) in [6.07, 6.45) is 3.08. The van der Waals surface area contributed by atoms with E-state index in [-0.39, 0.29) is 11.5 Å². The number of pyridine rings is 1. The fourth-order valence-electron chi connectivity index (χ4n) is 1.83. The smallest absolute Gasteiger partial charge is 0.415 e. The minimum absolute atomic E-state index is 0.169. The zero-order valence-corrected chi connectivity index (χ0v) is 12.7. The number of rotatable bonds is 2. The molecule has 0 aromatic carbocycles. The van der Waals surface area contributed by atoms with Gasteiger partial charge in [0, 0.05) is 30.2 Å². The van der Waals surface area contributed by atoms with Crippen LogP contribution in [0, 0.1) is 0 Å². The van der Waals surface area contributed by atoms with Gasteiger partial charge in [-0.25, -0.2) is 4.79 Å². The summed E-state index contributed by atoms with van der Waals surface area (Å²) in [5, 5.41) is 1.73. The third kappa shape index (κ3) is 3.32. The first-order valence-electron chi connectivity index (χ1n) is 6.39. The van der Waals surface area contributed by atoms with E-state index in [2.05, 4.69) is 4.98 Å². The predicted octanol–water partition coefficient (Wildman–Crippen LogP) is 2.86. The van der Waals surface area contributed by atoms with Gasteiger partial charge in [0.25, 0.3) is 0 Å². The third-order valence-corrected chi connectivity index (χ3v) is 3.79. The Kier molecular flexibility index (Phi) is 4.35. The van der Waals surface area contributed by atoms with E-state index in [1.54, 1.807) is 17.3 Å². The Morgan fingerprint density at radius 2 is 2.30 bits per heavy atom. The van der Waals surface area contributed by atoms with Crippen molar-refractivity contribution in [2.45, 2.75) is 31.7 Å². The number of amides is 1. The Bertz CT molecular complexity index is 511. The van der Waals surface area contributed by atoms with E-state index in [0.717, 1.165) is 11.3 Å². The van der Waals surface area contributed by atoms with Gasteiger partial charge in [0.2, 0.25) is 0 Å². The lowest BCUT2D eigenvalue weighted by molar-refractivity contribution is 0.0298. The van der Waals surface area contributed by atoms with Crippen LogP contribution in [0.5, 0.6) is 0 Å². The molecule has 1 aromatic rings. The Morgan fingerprint density at radius 1 is 1.55 bits per heavy atom. The van der Waals surface area contributed by atoms with Crippen molar-refractivity contribution in [1.29, 1.82) is 0 Å². The number of carbonyl (C=O) groups excluding carboxylic acids is 1. The molecule has 0 radical (unpaired) electrons. The minimum Gasteiger partial charge on any atom is -0.443 e. The first-order valence-corrected chi connectivity index (χ1v) is 7.33. The van der Waals surface area contributed by atoms with Crippen LogP contribution in [0.25, 0.3) is 0 Å². The Morgan fingerprint density at radius 3 is 2.85 bits per heavy atom. The quantitative estimate of drug-likeness (QED) is 0.908. The van der Waals surface area contributed by atoms with Gasteiger partial charge >= 0.3 is 6.09 Å². The summed E-state index contributed by atoms with van der Waals surface area (Å²) in [6, 6.07) is 3.79. The Labute approximate surface area is 123 Å². The van der Waals surface area contributed by atoms with Gasteiger partial charge in [0.1, 0.15) is 11.0 Å². The zero-order chi connectivity index (χ0) is 14.8. The SMILES string of the molecule is CC(C)(C)OC(=O)N1C(CN)=CSC1c1cccnc1. The van der Waals surface area contributed by atoms with Crippen LogP contribution in [0.1, 0.15) is 31.7 Å². The fourth-order valence-corrected chi connectivity index (χ4v) is 2.97. The van der Waals surface area contributed by atoms with Crippen molar-refractivity contribution in [3.8, 4) is 0 Å². The maximum Gasteiger partial charge on any atom is 0.415 e. The molecular weight excluding hydrogens is 274 g/mol. The number of thioether (sulfide) groups is 1. The van der Waals surface area contributed by atoms with E-state index >= 15 is 0 Å². The van der Waals surface area contributed by atoms with E-state index in [0.29, 0.717) is 6.54 Å². The molecule has 1 atom stereocenters. The van der Waals surface area contributed by atoms with Crippen LogP contribution >= 0.6 is 11.8 Å². The standard InChI is InChI=1S/C14H19N3O2S/c1-14(2,3)19-13(18)17-11(7-15)9-20-12(17)10-5-4-6-16-8-10/h4-6,8-9,12H,7,15H2,1-3H3. The van der Waals surface area contributed by atoms with Crippen molar-refractivity contribution in [1.82, 2.24) is 9.88 Å². The molecule has 1 amide bonds. The highest BCUT2D eigenvalue weighted by Crippen LogP contribution is 2.42. The zero-order valence-electron chi connectivity index (χ0n) is 11.9. The van der Waals surface area contributed by atoms with Crippen molar-refractivity contribution in [2.24, 2.45) is 5.73 Å². The lowest BCUT2D eigenvalue weighted by Crippen LogP contribution is -2.37. The van der Waals surface area contributed by atoms with Crippen LogP contribution in [-0.4, -0.2) is 28.1 Å².